The molecule has 3 N–H and O–H groups in total. The van der Waals surface area contributed by atoms with Gasteiger partial charge >= 0.3 is 0 Å². The van der Waals surface area contributed by atoms with E-state index in [0.29, 0.717) is 23.1 Å². The third-order valence-corrected chi connectivity index (χ3v) is 6.48. The predicted molar refractivity (Wildman–Crippen MR) is 130 cm³/mol. The van der Waals surface area contributed by atoms with Gasteiger partial charge in [-0.1, -0.05) is 38.3 Å². The van der Waals surface area contributed by atoms with Crippen molar-refractivity contribution in [1.82, 2.24) is 19.4 Å². The third-order valence-electron chi connectivity index (χ3n) is 6.48. The van der Waals surface area contributed by atoms with Gasteiger partial charge in [-0.05, 0) is 49.1 Å². The molecule has 0 saturated heterocycles. The Morgan fingerprint density at radius 1 is 1.09 bits per heavy atom. The van der Waals surface area contributed by atoms with Crippen LogP contribution in [0.2, 0.25) is 0 Å². The number of hydrogen-bond acceptors (Lipinski definition) is 5. The van der Waals surface area contributed by atoms with Crippen LogP contribution in [-0.2, 0) is 6.42 Å². The number of nitrogens with two attached hydrogens (primary N) is 1. The van der Waals surface area contributed by atoms with Crippen molar-refractivity contribution in [1.29, 1.82) is 0 Å². The van der Waals surface area contributed by atoms with Gasteiger partial charge in [-0.2, -0.15) is 0 Å². The number of pyridine rings is 1. The summed E-state index contributed by atoms with van der Waals surface area (Å²) in [4.78, 5) is 26.3. The molecule has 1 aliphatic rings. The first-order chi connectivity index (χ1) is 16.1. The van der Waals surface area contributed by atoms with Crippen LogP contribution in [0.1, 0.15) is 66.7 Å². The largest absolute Gasteiger partial charge is 0.382 e. The molecular weight excluding hydrogens is 412 g/mol. The molecule has 1 aliphatic carbocycles. The zero-order valence-electron chi connectivity index (χ0n) is 18.8. The fourth-order valence-corrected chi connectivity index (χ4v) is 4.67. The van der Waals surface area contributed by atoms with Crippen LogP contribution in [0.4, 0.5) is 11.6 Å². The normalized spacial score (nSPS) is 14.5. The van der Waals surface area contributed by atoms with Gasteiger partial charge in [0.05, 0.1) is 0 Å². The second-order valence-electron chi connectivity index (χ2n) is 8.62. The Hall–Kier alpha value is -3.74. The van der Waals surface area contributed by atoms with Gasteiger partial charge in [-0.25, -0.2) is 15.0 Å². The van der Waals surface area contributed by atoms with Crippen LogP contribution in [0.25, 0.3) is 16.8 Å². The molecule has 3 heterocycles. The van der Waals surface area contributed by atoms with Crippen molar-refractivity contribution < 1.29 is 4.79 Å². The van der Waals surface area contributed by atoms with Crippen LogP contribution < -0.4 is 11.1 Å². The number of amides is 1. The summed E-state index contributed by atoms with van der Waals surface area (Å²) in [6.45, 7) is 2.07. The number of carbonyl (C=O) groups is 1. The SMILES string of the molecule is CCc1ccnc(NC(=O)c2ccc(-c3nc(C4CCCCC4)n4ccnc(N)c34)cc2)c1. The smallest absolute Gasteiger partial charge is 0.256 e. The van der Waals surface area contributed by atoms with Crippen LogP contribution >= 0.6 is 0 Å². The number of benzene rings is 1. The molecule has 1 aromatic carbocycles. The Kier molecular flexibility index (Phi) is 5.77. The van der Waals surface area contributed by atoms with E-state index >= 15 is 0 Å². The van der Waals surface area contributed by atoms with Crippen molar-refractivity contribution in [2.75, 3.05) is 11.1 Å². The molecule has 0 bridgehead atoms. The fourth-order valence-electron chi connectivity index (χ4n) is 4.67. The van der Waals surface area contributed by atoms with Gasteiger partial charge < -0.3 is 11.1 Å². The van der Waals surface area contributed by atoms with Crippen LogP contribution in [0.15, 0.2) is 55.0 Å². The van der Waals surface area contributed by atoms with Crippen molar-refractivity contribution in [2.45, 2.75) is 51.4 Å². The molecule has 0 atom stereocenters. The number of nitrogens with one attached hydrogen (secondary N) is 1. The Bertz CT molecular complexity index is 1290. The fraction of sp³-hybridized carbons (Fsp3) is 0.308. The lowest BCUT2D eigenvalue weighted by atomic mass is 9.89. The van der Waals surface area contributed by atoms with Gasteiger partial charge in [0, 0.05) is 35.6 Å². The van der Waals surface area contributed by atoms with Crippen LogP contribution in [0.5, 0.6) is 0 Å². The Morgan fingerprint density at radius 3 is 2.64 bits per heavy atom. The minimum atomic E-state index is -0.193. The topological polar surface area (TPSA) is 98.2 Å². The van der Waals surface area contributed by atoms with E-state index in [1.165, 1.54) is 19.3 Å². The van der Waals surface area contributed by atoms with Crippen molar-refractivity contribution in [2.24, 2.45) is 0 Å². The Morgan fingerprint density at radius 2 is 1.88 bits per heavy atom. The Labute approximate surface area is 193 Å². The molecule has 1 saturated carbocycles. The van der Waals surface area contributed by atoms with Crippen molar-refractivity contribution in [3.8, 4) is 11.3 Å². The molecule has 33 heavy (non-hydrogen) atoms. The summed E-state index contributed by atoms with van der Waals surface area (Å²) in [6, 6.07) is 11.3. The maximum absolute atomic E-state index is 12.7. The zero-order valence-corrected chi connectivity index (χ0v) is 18.8. The molecule has 0 unspecified atom stereocenters. The highest BCUT2D eigenvalue weighted by molar-refractivity contribution is 6.04. The second-order valence-corrected chi connectivity index (χ2v) is 8.62. The van der Waals surface area contributed by atoms with E-state index < -0.39 is 0 Å². The molecule has 0 radical (unpaired) electrons. The lowest BCUT2D eigenvalue weighted by Gasteiger charge is -2.20. The highest BCUT2D eigenvalue weighted by atomic mass is 16.1. The van der Waals surface area contributed by atoms with Gasteiger partial charge in [-0.3, -0.25) is 9.20 Å². The van der Waals surface area contributed by atoms with Crippen LogP contribution in [0, 0.1) is 0 Å². The highest BCUT2D eigenvalue weighted by Crippen LogP contribution is 2.36. The maximum Gasteiger partial charge on any atom is 0.256 e. The molecule has 4 aromatic rings. The number of rotatable bonds is 5. The highest BCUT2D eigenvalue weighted by Gasteiger charge is 2.24. The van der Waals surface area contributed by atoms with Crippen molar-refractivity contribution in [3.05, 3.63) is 71.9 Å². The molecule has 5 rings (SSSR count). The van der Waals surface area contributed by atoms with Crippen molar-refractivity contribution >= 4 is 23.1 Å². The summed E-state index contributed by atoms with van der Waals surface area (Å²) in [7, 11) is 0. The number of aromatic nitrogens is 4. The molecule has 168 valence electrons. The van der Waals surface area contributed by atoms with Crippen LogP contribution in [0.3, 0.4) is 0 Å². The van der Waals surface area contributed by atoms with E-state index in [1.54, 1.807) is 12.4 Å². The number of aryl methyl sites for hydroxylation is 1. The standard InChI is InChI=1S/C26H28N6O/c1-2-17-12-13-28-21(16-17)30-26(33)20-10-8-18(9-11-20)22-23-24(27)29-14-15-32(23)25(31-22)19-6-4-3-5-7-19/h8-16,19H,2-7H2,1H3,(H2,27,29)(H,28,30,33). The predicted octanol–water partition coefficient (Wildman–Crippen LogP) is 5.24. The maximum atomic E-state index is 12.7. The number of anilines is 2. The van der Waals surface area contributed by atoms with E-state index in [-0.39, 0.29) is 5.91 Å². The monoisotopic (exact) mass is 440 g/mol. The third kappa shape index (κ3) is 4.18. The Balaban J connectivity index is 1.45. The lowest BCUT2D eigenvalue weighted by Crippen LogP contribution is -2.13. The zero-order chi connectivity index (χ0) is 22.8. The second kappa shape index (κ2) is 9.02. The lowest BCUT2D eigenvalue weighted by molar-refractivity contribution is 0.102. The summed E-state index contributed by atoms with van der Waals surface area (Å²) < 4.78 is 2.10. The molecule has 1 fully saturated rings. The molecule has 3 aromatic heterocycles. The number of fused-ring (bicyclic) bond motifs is 1. The van der Waals surface area contributed by atoms with E-state index in [4.69, 9.17) is 10.7 Å². The summed E-state index contributed by atoms with van der Waals surface area (Å²) in [5.41, 5.74) is 10.5. The first-order valence-corrected chi connectivity index (χ1v) is 11.6. The molecule has 7 nitrogen and oxygen atoms in total. The summed E-state index contributed by atoms with van der Waals surface area (Å²) in [6.07, 6.45) is 12.3. The van der Waals surface area contributed by atoms with Gasteiger partial charge in [-0.15, -0.1) is 0 Å². The molecule has 0 spiro atoms. The van der Waals surface area contributed by atoms with Gasteiger partial charge in [0.1, 0.15) is 28.7 Å². The molecule has 1 amide bonds. The number of imidazole rings is 1. The first kappa shape index (κ1) is 21.1. The summed E-state index contributed by atoms with van der Waals surface area (Å²) >= 11 is 0. The number of nitrogen functional groups attached to an aromatic ring is 1. The first-order valence-electron chi connectivity index (χ1n) is 11.6. The van der Waals surface area contributed by atoms with Gasteiger partial charge in [0.25, 0.3) is 5.91 Å². The van der Waals surface area contributed by atoms with E-state index in [2.05, 4.69) is 26.6 Å². The number of nitrogens with zero attached hydrogens (tertiary/aromatic N) is 4. The number of hydrogen-bond donors (Lipinski definition) is 2. The summed E-state index contributed by atoms with van der Waals surface area (Å²) in [5.74, 6) is 2.31. The summed E-state index contributed by atoms with van der Waals surface area (Å²) in [5, 5.41) is 2.88. The number of carbonyl (C=O) groups excluding carboxylic acids is 1. The van der Waals surface area contributed by atoms with Crippen molar-refractivity contribution in [3.63, 3.8) is 0 Å². The molecule has 0 aliphatic heterocycles. The molecular formula is C26H28N6O. The minimum Gasteiger partial charge on any atom is -0.382 e. The average Bonchev–Trinajstić information content (AvgIpc) is 3.26. The van der Waals surface area contributed by atoms with Crippen LogP contribution in [-0.4, -0.2) is 25.3 Å². The van der Waals surface area contributed by atoms with E-state index in [1.807, 2.05) is 42.6 Å². The molecule has 7 heteroatoms. The quantitative estimate of drug-likeness (QED) is 0.442. The minimum absolute atomic E-state index is 0.193. The average molecular weight is 441 g/mol. The van der Waals surface area contributed by atoms with E-state index in [0.717, 1.165) is 47.4 Å². The van der Waals surface area contributed by atoms with E-state index in [9.17, 15) is 4.79 Å². The van der Waals surface area contributed by atoms with Gasteiger partial charge in [0.15, 0.2) is 0 Å². The van der Waals surface area contributed by atoms with Gasteiger partial charge in [0.2, 0.25) is 0 Å².